The van der Waals surface area contributed by atoms with Crippen LogP contribution in [0.25, 0.3) is 0 Å². The number of rotatable bonds is 4. The van der Waals surface area contributed by atoms with Gasteiger partial charge in [-0.05, 0) is 43.4 Å². The number of carbonyl (C=O) groups excluding carboxylic acids is 2. The molecule has 2 aromatic rings. The molecule has 120 valence electrons. The van der Waals surface area contributed by atoms with Crippen molar-refractivity contribution in [1.29, 1.82) is 0 Å². The van der Waals surface area contributed by atoms with Crippen molar-refractivity contribution in [3.63, 3.8) is 0 Å². The monoisotopic (exact) mass is 329 g/mol. The lowest BCUT2D eigenvalue weighted by Gasteiger charge is -2.06. The second kappa shape index (κ2) is 6.91. The van der Waals surface area contributed by atoms with Crippen molar-refractivity contribution in [3.05, 3.63) is 46.0 Å². The van der Waals surface area contributed by atoms with Crippen molar-refractivity contribution in [2.75, 3.05) is 5.32 Å². The molecule has 3 rings (SSSR count). The van der Waals surface area contributed by atoms with E-state index in [1.54, 1.807) is 23.5 Å². The van der Waals surface area contributed by atoms with Crippen molar-refractivity contribution in [1.82, 2.24) is 10.3 Å². The molecule has 0 spiro atoms. The molecule has 0 unspecified atom stereocenters. The van der Waals surface area contributed by atoms with Gasteiger partial charge in [0.2, 0.25) is 5.91 Å². The van der Waals surface area contributed by atoms with Gasteiger partial charge in [0, 0.05) is 23.9 Å². The van der Waals surface area contributed by atoms with E-state index in [2.05, 4.69) is 15.6 Å². The number of thiazole rings is 1. The van der Waals surface area contributed by atoms with Gasteiger partial charge in [-0.25, -0.2) is 4.98 Å². The van der Waals surface area contributed by atoms with Crippen LogP contribution < -0.4 is 10.6 Å². The molecule has 5 nitrogen and oxygen atoms in total. The topological polar surface area (TPSA) is 71.1 Å². The van der Waals surface area contributed by atoms with Crippen LogP contribution in [0.3, 0.4) is 0 Å². The SMILES string of the molecule is CC(=O)NCc1ccc(C(=O)Nc2nc3c(s2)CCCC3)cc1. The minimum atomic E-state index is -0.151. The zero-order valence-corrected chi connectivity index (χ0v) is 13.8. The van der Waals surface area contributed by atoms with Gasteiger partial charge in [0.15, 0.2) is 5.13 Å². The highest BCUT2D eigenvalue weighted by molar-refractivity contribution is 7.15. The fraction of sp³-hybridized carbons (Fsp3) is 0.353. The van der Waals surface area contributed by atoms with Gasteiger partial charge in [0.1, 0.15) is 0 Å². The molecule has 2 amide bonds. The number of anilines is 1. The molecular formula is C17H19N3O2S. The fourth-order valence-corrected chi connectivity index (χ4v) is 3.62. The summed E-state index contributed by atoms with van der Waals surface area (Å²) < 4.78 is 0. The molecule has 0 radical (unpaired) electrons. The van der Waals surface area contributed by atoms with Gasteiger partial charge in [0.25, 0.3) is 5.91 Å². The standard InChI is InChI=1S/C17H19N3O2S/c1-11(21)18-10-12-6-8-13(9-7-12)16(22)20-17-19-14-4-2-3-5-15(14)23-17/h6-9H,2-5,10H2,1H3,(H,18,21)(H,19,20,22). The molecule has 1 heterocycles. The fourth-order valence-electron chi connectivity index (χ4n) is 2.58. The van der Waals surface area contributed by atoms with E-state index in [4.69, 9.17) is 0 Å². The maximum Gasteiger partial charge on any atom is 0.257 e. The molecule has 1 aliphatic rings. The van der Waals surface area contributed by atoms with Crippen LogP contribution in [0, 0.1) is 0 Å². The third kappa shape index (κ3) is 3.96. The van der Waals surface area contributed by atoms with Crippen LogP contribution in [0.1, 0.15) is 46.3 Å². The lowest BCUT2D eigenvalue weighted by atomic mass is 10.0. The summed E-state index contributed by atoms with van der Waals surface area (Å²) in [5.41, 5.74) is 2.69. The van der Waals surface area contributed by atoms with E-state index >= 15 is 0 Å². The Hall–Kier alpha value is -2.21. The van der Waals surface area contributed by atoms with E-state index in [0.29, 0.717) is 17.2 Å². The Labute approximate surface area is 139 Å². The Morgan fingerprint density at radius 2 is 1.91 bits per heavy atom. The van der Waals surface area contributed by atoms with Gasteiger partial charge in [0.05, 0.1) is 5.69 Å². The molecule has 23 heavy (non-hydrogen) atoms. The van der Waals surface area contributed by atoms with Crippen molar-refractivity contribution in [2.24, 2.45) is 0 Å². The Morgan fingerprint density at radius 1 is 1.17 bits per heavy atom. The normalized spacial score (nSPS) is 13.3. The first kappa shape index (κ1) is 15.7. The van der Waals surface area contributed by atoms with Crippen molar-refractivity contribution >= 4 is 28.3 Å². The second-order valence-corrected chi connectivity index (χ2v) is 6.74. The number of hydrogen-bond acceptors (Lipinski definition) is 4. The summed E-state index contributed by atoms with van der Waals surface area (Å²) in [5.74, 6) is -0.221. The van der Waals surface area contributed by atoms with Crippen LogP contribution in [0.4, 0.5) is 5.13 Å². The minimum absolute atomic E-state index is 0.0699. The summed E-state index contributed by atoms with van der Waals surface area (Å²) in [6.07, 6.45) is 4.47. The zero-order chi connectivity index (χ0) is 16.2. The molecule has 1 aliphatic carbocycles. The Balaban J connectivity index is 1.63. The molecule has 0 saturated heterocycles. The third-order valence-corrected chi connectivity index (χ3v) is 4.90. The number of nitrogens with zero attached hydrogens (tertiary/aromatic N) is 1. The van der Waals surface area contributed by atoms with Gasteiger partial charge in [-0.3, -0.25) is 14.9 Å². The summed E-state index contributed by atoms with van der Waals surface area (Å²) in [5, 5.41) is 6.30. The lowest BCUT2D eigenvalue weighted by molar-refractivity contribution is -0.119. The number of aromatic nitrogens is 1. The molecule has 1 aromatic heterocycles. The predicted octanol–water partition coefficient (Wildman–Crippen LogP) is 2.91. The highest BCUT2D eigenvalue weighted by Crippen LogP contribution is 2.29. The molecule has 0 aliphatic heterocycles. The summed E-state index contributed by atoms with van der Waals surface area (Å²) in [7, 11) is 0. The number of benzene rings is 1. The first-order valence-electron chi connectivity index (χ1n) is 7.75. The van der Waals surface area contributed by atoms with E-state index in [9.17, 15) is 9.59 Å². The third-order valence-electron chi connectivity index (χ3n) is 3.82. The van der Waals surface area contributed by atoms with Crippen LogP contribution in [0.15, 0.2) is 24.3 Å². The molecule has 0 atom stereocenters. The number of hydrogen-bond donors (Lipinski definition) is 2. The molecule has 2 N–H and O–H groups in total. The molecular weight excluding hydrogens is 310 g/mol. The van der Waals surface area contributed by atoms with E-state index < -0.39 is 0 Å². The first-order valence-corrected chi connectivity index (χ1v) is 8.57. The molecule has 1 aromatic carbocycles. The molecule has 0 fully saturated rings. The van der Waals surface area contributed by atoms with Crippen molar-refractivity contribution in [2.45, 2.75) is 39.2 Å². The number of carbonyl (C=O) groups is 2. The average molecular weight is 329 g/mol. The Bertz CT molecular complexity index is 698. The summed E-state index contributed by atoms with van der Waals surface area (Å²) in [4.78, 5) is 29.0. The van der Waals surface area contributed by atoms with Crippen LogP contribution in [-0.2, 0) is 24.2 Å². The Morgan fingerprint density at radius 3 is 2.61 bits per heavy atom. The summed E-state index contributed by atoms with van der Waals surface area (Å²) >= 11 is 1.58. The van der Waals surface area contributed by atoms with Crippen LogP contribution in [0.2, 0.25) is 0 Å². The maximum absolute atomic E-state index is 12.3. The number of nitrogens with one attached hydrogen (secondary N) is 2. The lowest BCUT2D eigenvalue weighted by Crippen LogP contribution is -2.19. The minimum Gasteiger partial charge on any atom is -0.352 e. The van der Waals surface area contributed by atoms with E-state index in [0.717, 1.165) is 24.1 Å². The predicted molar refractivity (Wildman–Crippen MR) is 90.7 cm³/mol. The van der Waals surface area contributed by atoms with Crippen LogP contribution >= 0.6 is 11.3 Å². The van der Waals surface area contributed by atoms with E-state index in [1.807, 2.05) is 12.1 Å². The summed E-state index contributed by atoms with van der Waals surface area (Å²) in [6, 6.07) is 7.22. The van der Waals surface area contributed by atoms with Crippen molar-refractivity contribution < 1.29 is 9.59 Å². The smallest absolute Gasteiger partial charge is 0.257 e. The highest BCUT2D eigenvalue weighted by Gasteiger charge is 2.16. The van der Waals surface area contributed by atoms with Gasteiger partial charge >= 0.3 is 0 Å². The van der Waals surface area contributed by atoms with Crippen molar-refractivity contribution in [3.8, 4) is 0 Å². The summed E-state index contributed by atoms with van der Waals surface area (Å²) in [6.45, 7) is 1.95. The average Bonchev–Trinajstić information content (AvgIpc) is 2.95. The number of fused-ring (bicyclic) bond motifs is 1. The quantitative estimate of drug-likeness (QED) is 0.906. The number of amides is 2. The van der Waals surface area contributed by atoms with Crippen LogP contribution in [0.5, 0.6) is 0 Å². The second-order valence-electron chi connectivity index (χ2n) is 5.66. The van der Waals surface area contributed by atoms with Gasteiger partial charge in [-0.1, -0.05) is 12.1 Å². The molecule has 6 heteroatoms. The van der Waals surface area contributed by atoms with Crippen LogP contribution in [-0.4, -0.2) is 16.8 Å². The largest absolute Gasteiger partial charge is 0.352 e. The van der Waals surface area contributed by atoms with Gasteiger partial charge in [-0.15, -0.1) is 11.3 Å². The molecule has 0 bridgehead atoms. The molecule has 0 saturated carbocycles. The Kier molecular flexibility index (Phi) is 4.71. The maximum atomic E-state index is 12.3. The highest BCUT2D eigenvalue weighted by atomic mass is 32.1. The van der Waals surface area contributed by atoms with Gasteiger partial charge < -0.3 is 5.32 Å². The number of aryl methyl sites for hydroxylation is 2. The van der Waals surface area contributed by atoms with Gasteiger partial charge in [-0.2, -0.15) is 0 Å². The van der Waals surface area contributed by atoms with E-state index in [-0.39, 0.29) is 11.8 Å². The first-order chi connectivity index (χ1) is 11.1. The zero-order valence-electron chi connectivity index (χ0n) is 13.0. The van der Waals surface area contributed by atoms with E-state index in [1.165, 1.54) is 24.6 Å².